The number of carbonyl (C=O) groups is 1. The van der Waals surface area contributed by atoms with Gasteiger partial charge in [0, 0.05) is 6.42 Å². The van der Waals surface area contributed by atoms with Gasteiger partial charge in [0.25, 0.3) is 0 Å². The minimum Gasteiger partial charge on any atom is -0.493 e. The third kappa shape index (κ3) is 2.45. The summed E-state index contributed by atoms with van der Waals surface area (Å²) in [4.78, 5) is 11.1. The Bertz CT molecular complexity index is 510. The molecule has 0 radical (unpaired) electrons. The summed E-state index contributed by atoms with van der Waals surface area (Å²) < 4.78 is 37.0. The Balaban J connectivity index is 0.00000133. The van der Waals surface area contributed by atoms with Crippen molar-refractivity contribution in [3.05, 3.63) is 29.3 Å². The molecule has 1 atom stereocenters. The summed E-state index contributed by atoms with van der Waals surface area (Å²) in [6, 6.07) is 3.53. The van der Waals surface area contributed by atoms with Gasteiger partial charge in [0.15, 0.2) is 6.61 Å². The summed E-state index contributed by atoms with van der Waals surface area (Å²) in [6.45, 7) is -0.327. The molecule has 3 rings (SSSR count). The number of hydrogen-bond donors (Lipinski definition) is 1. The molecule has 2 heterocycles. The number of nitrogens with one attached hydrogen (secondary N) is 1. The van der Waals surface area contributed by atoms with Gasteiger partial charge >= 0.3 is 12.0 Å². The van der Waals surface area contributed by atoms with Crippen LogP contribution in [0.3, 0.4) is 0 Å². The first-order chi connectivity index (χ1) is 8.56. The van der Waals surface area contributed by atoms with Crippen LogP contribution in [0.4, 0.5) is 13.6 Å². The molecule has 7 heteroatoms. The molecule has 104 valence electrons. The van der Waals surface area contributed by atoms with Crippen molar-refractivity contribution in [1.29, 1.82) is 0 Å². The molecule has 1 aromatic rings. The number of rotatable bonds is 1. The van der Waals surface area contributed by atoms with Gasteiger partial charge in [-0.3, -0.25) is 0 Å². The molecule has 0 aromatic heterocycles. The van der Waals surface area contributed by atoms with E-state index in [0.717, 1.165) is 11.3 Å². The van der Waals surface area contributed by atoms with Gasteiger partial charge in [-0.1, -0.05) is 6.07 Å². The van der Waals surface area contributed by atoms with Crippen molar-refractivity contribution in [3.8, 4) is 5.75 Å². The normalized spacial score (nSPS) is 23.5. The van der Waals surface area contributed by atoms with Crippen LogP contribution < -0.4 is 10.1 Å². The van der Waals surface area contributed by atoms with Crippen LogP contribution in [0.1, 0.15) is 17.2 Å². The van der Waals surface area contributed by atoms with Crippen LogP contribution in [0, 0.1) is 0 Å². The molecule has 0 unspecified atom stereocenters. The summed E-state index contributed by atoms with van der Waals surface area (Å²) >= 11 is 0. The third-order valence-corrected chi connectivity index (χ3v) is 3.13. The molecular weight excluding hydrogens is 280 g/mol. The van der Waals surface area contributed by atoms with Crippen molar-refractivity contribution >= 4 is 18.5 Å². The fraction of sp³-hybridized carbons (Fsp3) is 0.417. The zero-order chi connectivity index (χ0) is 12.8. The minimum absolute atomic E-state index is 0. The van der Waals surface area contributed by atoms with Crippen molar-refractivity contribution in [3.63, 3.8) is 0 Å². The van der Waals surface area contributed by atoms with Crippen LogP contribution in [-0.4, -0.2) is 25.2 Å². The van der Waals surface area contributed by atoms with Crippen LogP contribution in [0.2, 0.25) is 0 Å². The maximum Gasteiger partial charge on any atom is 0.408 e. The maximum atomic E-state index is 13.7. The molecule has 4 nitrogen and oxygen atoms in total. The van der Waals surface area contributed by atoms with Crippen molar-refractivity contribution in [2.75, 3.05) is 13.2 Å². The summed E-state index contributed by atoms with van der Waals surface area (Å²) in [6.07, 6.45) is -0.117. The molecule has 1 N–H and O–H groups in total. The molecule has 19 heavy (non-hydrogen) atoms. The first-order valence-electron chi connectivity index (χ1n) is 5.63. The highest BCUT2D eigenvalue weighted by molar-refractivity contribution is 5.85. The van der Waals surface area contributed by atoms with E-state index in [0.29, 0.717) is 18.6 Å². The van der Waals surface area contributed by atoms with Gasteiger partial charge in [-0.2, -0.15) is 0 Å². The Labute approximate surface area is 114 Å². The maximum absolute atomic E-state index is 13.7. The first kappa shape index (κ1) is 13.9. The predicted octanol–water partition coefficient (Wildman–Crippen LogP) is 2.46. The number of fused-ring (bicyclic) bond motifs is 1. The minimum atomic E-state index is -3.11. The van der Waals surface area contributed by atoms with Crippen LogP contribution in [0.25, 0.3) is 0 Å². The van der Waals surface area contributed by atoms with Crippen LogP contribution in [0.5, 0.6) is 5.75 Å². The first-order valence-corrected chi connectivity index (χ1v) is 5.63. The Morgan fingerprint density at radius 1 is 1.32 bits per heavy atom. The van der Waals surface area contributed by atoms with E-state index in [1.165, 1.54) is 0 Å². The highest BCUT2D eigenvalue weighted by atomic mass is 35.5. The SMILES string of the molecule is Cl.O=C1N[C@H](c2ccc3c(c2)CCO3)C(F)(F)CO1. The number of halogens is 3. The molecule has 1 amide bonds. The summed E-state index contributed by atoms with van der Waals surface area (Å²) in [5.74, 6) is -2.39. The van der Waals surface area contributed by atoms with Gasteiger partial charge < -0.3 is 14.8 Å². The highest BCUT2D eigenvalue weighted by Gasteiger charge is 2.46. The lowest BCUT2D eigenvalue weighted by Gasteiger charge is -2.31. The van der Waals surface area contributed by atoms with Gasteiger partial charge in [0.2, 0.25) is 0 Å². The van der Waals surface area contributed by atoms with Crippen LogP contribution >= 0.6 is 12.4 Å². The monoisotopic (exact) mass is 291 g/mol. The fourth-order valence-electron chi connectivity index (χ4n) is 2.22. The zero-order valence-electron chi connectivity index (χ0n) is 9.82. The highest BCUT2D eigenvalue weighted by Crippen LogP contribution is 2.37. The number of cyclic esters (lactones) is 1. The predicted molar refractivity (Wildman–Crippen MR) is 65.1 cm³/mol. The van der Waals surface area contributed by atoms with E-state index in [1.54, 1.807) is 18.2 Å². The second-order valence-electron chi connectivity index (χ2n) is 4.38. The average Bonchev–Trinajstić information content (AvgIpc) is 2.79. The smallest absolute Gasteiger partial charge is 0.408 e. The molecule has 1 saturated heterocycles. The van der Waals surface area contributed by atoms with Crippen molar-refractivity contribution in [2.45, 2.75) is 18.4 Å². The Hall–Kier alpha value is -1.56. The average molecular weight is 292 g/mol. The second kappa shape index (κ2) is 4.85. The molecule has 2 aliphatic heterocycles. The van der Waals surface area contributed by atoms with Gasteiger partial charge in [-0.25, -0.2) is 13.6 Å². The van der Waals surface area contributed by atoms with Gasteiger partial charge in [0.1, 0.15) is 11.8 Å². The lowest BCUT2D eigenvalue weighted by molar-refractivity contribution is -0.104. The fourth-order valence-corrected chi connectivity index (χ4v) is 2.22. The van der Waals surface area contributed by atoms with E-state index >= 15 is 0 Å². The molecule has 1 aromatic carbocycles. The van der Waals surface area contributed by atoms with Crippen molar-refractivity contribution in [2.24, 2.45) is 0 Å². The Kier molecular flexibility index (Phi) is 3.54. The Morgan fingerprint density at radius 3 is 2.89 bits per heavy atom. The zero-order valence-corrected chi connectivity index (χ0v) is 10.6. The quantitative estimate of drug-likeness (QED) is 0.864. The third-order valence-electron chi connectivity index (χ3n) is 3.13. The largest absolute Gasteiger partial charge is 0.493 e. The van der Waals surface area contributed by atoms with E-state index in [4.69, 9.17) is 4.74 Å². The van der Waals surface area contributed by atoms with Gasteiger partial charge in [0.05, 0.1) is 6.61 Å². The number of amides is 1. The second-order valence-corrected chi connectivity index (χ2v) is 4.38. The summed E-state index contributed by atoms with van der Waals surface area (Å²) in [5.41, 5.74) is 1.27. The Morgan fingerprint density at radius 2 is 2.11 bits per heavy atom. The van der Waals surface area contributed by atoms with E-state index in [2.05, 4.69) is 10.1 Å². The number of alkyl carbamates (subject to hydrolysis) is 1. The van der Waals surface area contributed by atoms with Crippen molar-refractivity contribution < 1.29 is 23.0 Å². The summed E-state index contributed by atoms with van der Waals surface area (Å²) in [5, 5.41) is 2.16. The molecule has 0 saturated carbocycles. The number of benzene rings is 1. The van der Waals surface area contributed by atoms with Gasteiger partial charge in [-0.15, -0.1) is 12.4 Å². The number of carbonyl (C=O) groups excluding carboxylic acids is 1. The molecule has 0 spiro atoms. The van der Waals surface area contributed by atoms with E-state index in [-0.39, 0.29) is 12.4 Å². The standard InChI is InChI=1S/C12H11F2NO3.ClH/c13-12(14)6-18-11(16)15-10(12)8-1-2-9-7(5-8)3-4-17-9;/h1-2,5,10H,3-4,6H2,(H,15,16);1H/t10-;/m1./s1. The topological polar surface area (TPSA) is 47.6 Å². The summed E-state index contributed by atoms with van der Waals surface area (Å²) in [7, 11) is 0. The van der Waals surface area contributed by atoms with E-state index < -0.39 is 24.7 Å². The molecular formula is C12H12ClF2NO3. The van der Waals surface area contributed by atoms with Gasteiger partial charge in [-0.05, 0) is 23.3 Å². The van der Waals surface area contributed by atoms with Crippen LogP contribution in [0.15, 0.2) is 18.2 Å². The number of ether oxygens (including phenoxy) is 2. The van der Waals surface area contributed by atoms with E-state index in [1.807, 2.05) is 0 Å². The van der Waals surface area contributed by atoms with Crippen LogP contribution in [-0.2, 0) is 11.2 Å². The molecule has 2 aliphatic rings. The molecule has 1 fully saturated rings. The van der Waals surface area contributed by atoms with Crippen molar-refractivity contribution in [1.82, 2.24) is 5.32 Å². The molecule has 0 aliphatic carbocycles. The molecule has 0 bridgehead atoms. The lowest BCUT2D eigenvalue weighted by atomic mass is 9.97. The number of alkyl halides is 2. The van der Waals surface area contributed by atoms with E-state index in [9.17, 15) is 13.6 Å². The lowest BCUT2D eigenvalue weighted by Crippen LogP contribution is -2.49. The number of hydrogen-bond acceptors (Lipinski definition) is 3.